The largest absolute Gasteiger partial charge is 0.354 e. The zero-order valence-corrected chi connectivity index (χ0v) is 19.7. The van der Waals surface area contributed by atoms with Crippen LogP contribution < -0.4 is 10.6 Å². The van der Waals surface area contributed by atoms with Crippen LogP contribution in [-0.4, -0.2) is 24.4 Å². The van der Waals surface area contributed by atoms with E-state index in [9.17, 15) is 12.8 Å². The van der Waals surface area contributed by atoms with Gasteiger partial charge in [0.2, 0.25) is 0 Å². The van der Waals surface area contributed by atoms with Gasteiger partial charge < -0.3 is 10.6 Å². The lowest BCUT2D eigenvalue weighted by atomic mass is 10.1. The SMILES string of the molecule is CNCc1cn(S(=O)(=O)c2cncc(F)c2)c2cc(Nc3ccc(C)cc3Cl)ccc12.Cl. The second kappa shape index (κ2) is 9.46. The molecule has 0 saturated heterocycles. The van der Waals surface area contributed by atoms with E-state index < -0.39 is 15.8 Å². The minimum Gasteiger partial charge on any atom is -0.354 e. The number of rotatable bonds is 6. The zero-order chi connectivity index (χ0) is 22.2. The summed E-state index contributed by atoms with van der Waals surface area (Å²) in [5.41, 5.74) is 3.66. The maximum absolute atomic E-state index is 13.7. The Morgan fingerprint density at radius 1 is 1.12 bits per heavy atom. The fraction of sp³-hybridized carbons (Fsp3) is 0.136. The Labute approximate surface area is 196 Å². The zero-order valence-electron chi connectivity index (χ0n) is 17.3. The van der Waals surface area contributed by atoms with E-state index in [0.717, 1.165) is 38.9 Å². The molecule has 0 fully saturated rings. The second-order valence-electron chi connectivity index (χ2n) is 7.16. The van der Waals surface area contributed by atoms with Crippen LogP contribution in [0.4, 0.5) is 15.8 Å². The van der Waals surface area contributed by atoms with Gasteiger partial charge in [-0.15, -0.1) is 12.4 Å². The van der Waals surface area contributed by atoms with Crippen molar-refractivity contribution in [1.29, 1.82) is 0 Å². The van der Waals surface area contributed by atoms with Crippen LogP contribution >= 0.6 is 24.0 Å². The number of nitrogens with one attached hydrogen (secondary N) is 2. The summed E-state index contributed by atoms with van der Waals surface area (Å²) in [7, 11) is -2.28. The van der Waals surface area contributed by atoms with Gasteiger partial charge in [0, 0.05) is 30.0 Å². The molecule has 0 aliphatic heterocycles. The molecule has 0 amide bonds. The number of nitrogens with zero attached hydrogens (tertiary/aromatic N) is 2. The highest BCUT2D eigenvalue weighted by atomic mass is 35.5. The molecular weight excluding hydrogens is 474 g/mol. The van der Waals surface area contributed by atoms with Gasteiger partial charge in [-0.25, -0.2) is 16.8 Å². The van der Waals surface area contributed by atoms with Crippen molar-refractivity contribution in [3.8, 4) is 0 Å². The van der Waals surface area contributed by atoms with Crippen LogP contribution in [0.1, 0.15) is 11.1 Å². The Kier molecular flexibility index (Phi) is 7.09. The number of hydrogen-bond donors (Lipinski definition) is 2. The van der Waals surface area contributed by atoms with Gasteiger partial charge in [-0.2, -0.15) is 0 Å². The van der Waals surface area contributed by atoms with E-state index in [1.807, 2.05) is 37.3 Å². The van der Waals surface area contributed by atoms with Gasteiger partial charge in [0.25, 0.3) is 10.0 Å². The van der Waals surface area contributed by atoms with Crippen molar-refractivity contribution in [2.24, 2.45) is 0 Å². The highest BCUT2D eigenvalue weighted by molar-refractivity contribution is 7.90. The molecule has 0 radical (unpaired) electrons. The van der Waals surface area contributed by atoms with Crippen molar-refractivity contribution in [2.45, 2.75) is 18.4 Å². The van der Waals surface area contributed by atoms with E-state index in [2.05, 4.69) is 15.6 Å². The van der Waals surface area contributed by atoms with E-state index >= 15 is 0 Å². The maximum Gasteiger partial charge on any atom is 0.269 e. The highest BCUT2D eigenvalue weighted by Crippen LogP contribution is 2.31. The molecule has 4 aromatic rings. The lowest BCUT2D eigenvalue weighted by Gasteiger charge is -2.11. The molecular formula is C22H21Cl2FN4O2S. The lowest BCUT2D eigenvalue weighted by Crippen LogP contribution is -2.13. The van der Waals surface area contributed by atoms with Gasteiger partial charge in [0.1, 0.15) is 10.7 Å². The van der Waals surface area contributed by atoms with E-state index in [1.54, 1.807) is 19.3 Å². The number of halogens is 3. The Morgan fingerprint density at radius 2 is 1.91 bits per heavy atom. The van der Waals surface area contributed by atoms with Crippen LogP contribution in [0.15, 0.2) is 66.0 Å². The molecule has 0 spiro atoms. The summed E-state index contributed by atoms with van der Waals surface area (Å²) in [4.78, 5) is 3.46. The van der Waals surface area contributed by atoms with Crippen molar-refractivity contribution >= 4 is 56.3 Å². The normalized spacial score (nSPS) is 11.4. The van der Waals surface area contributed by atoms with Crippen LogP contribution in [0.25, 0.3) is 10.9 Å². The highest BCUT2D eigenvalue weighted by Gasteiger charge is 2.22. The predicted octanol–water partition coefficient (Wildman–Crippen LogP) is 5.26. The Hall–Kier alpha value is -2.65. The van der Waals surface area contributed by atoms with Crippen molar-refractivity contribution in [3.05, 3.63) is 83.0 Å². The van der Waals surface area contributed by atoms with Crippen molar-refractivity contribution in [3.63, 3.8) is 0 Å². The number of aryl methyl sites for hydroxylation is 1. The number of aromatic nitrogens is 2. The molecule has 2 aromatic carbocycles. The van der Waals surface area contributed by atoms with Gasteiger partial charge in [-0.1, -0.05) is 23.7 Å². The smallest absolute Gasteiger partial charge is 0.269 e. The Balaban J connectivity index is 0.00000289. The first kappa shape index (κ1) is 24.0. The lowest BCUT2D eigenvalue weighted by molar-refractivity contribution is 0.582. The minimum atomic E-state index is -4.06. The first-order valence-electron chi connectivity index (χ1n) is 9.47. The van der Waals surface area contributed by atoms with E-state index in [4.69, 9.17) is 11.6 Å². The molecule has 6 nitrogen and oxygen atoms in total. The summed E-state index contributed by atoms with van der Waals surface area (Å²) in [6.45, 7) is 2.42. The van der Waals surface area contributed by atoms with Crippen LogP contribution in [0, 0.1) is 12.7 Å². The molecule has 0 aliphatic rings. The monoisotopic (exact) mass is 494 g/mol. The summed E-state index contributed by atoms with van der Waals surface area (Å²) in [5, 5.41) is 7.60. The number of pyridine rings is 1. The predicted molar refractivity (Wildman–Crippen MR) is 128 cm³/mol. The Morgan fingerprint density at radius 3 is 2.59 bits per heavy atom. The van der Waals surface area contributed by atoms with Gasteiger partial charge in [-0.05, 0) is 55.4 Å². The quantitative estimate of drug-likeness (QED) is 0.382. The summed E-state index contributed by atoms with van der Waals surface area (Å²) < 4.78 is 41.4. The molecule has 2 N–H and O–H groups in total. The molecule has 2 heterocycles. The van der Waals surface area contributed by atoms with E-state index in [-0.39, 0.29) is 17.3 Å². The first-order valence-corrected chi connectivity index (χ1v) is 11.3. The second-order valence-corrected chi connectivity index (χ2v) is 9.39. The molecule has 168 valence electrons. The third-order valence-corrected chi connectivity index (χ3v) is 6.81. The molecule has 10 heteroatoms. The summed E-state index contributed by atoms with van der Waals surface area (Å²) in [5.74, 6) is -0.718. The van der Waals surface area contributed by atoms with Crippen molar-refractivity contribution < 1.29 is 12.8 Å². The molecule has 0 atom stereocenters. The fourth-order valence-corrected chi connectivity index (χ4v) is 5.04. The minimum absolute atomic E-state index is 0. The van der Waals surface area contributed by atoms with Gasteiger partial charge in [0.05, 0.1) is 22.4 Å². The van der Waals surface area contributed by atoms with E-state index in [1.165, 1.54) is 0 Å². The van der Waals surface area contributed by atoms with Gasteiger partial charge in [0.15, 0.2) is 0 Å². The average Bonchev–Trinajstić information content (AvgIpc) is 3.09. The molecule has 4 rings (SSSR count). The molecule has 2 aromatic heterocycles. The first-order chi connectivity index (χ1) is 14.8. The third-order valence-electron chi connectivity index (χ3n) is 4.86. The molecule has 0 saturated carbocycles. The number of fused-ring (bicyclic) bond motifs is 1. The van der Waals surface area contributed by atoms with Crippen LogP contribution in [-0.2, 0) is 16.6 Å². The molecule has 32 heavy (non-hydrogen) atoms. The molecule has 0 bridgehead atoms. The van der Waals surface area contributed by atoms with Crippen LogP contribution in [0.3, 0.4) is 0 Å². The van der Waals surface area contributed by atoms with Crippen LogP contribution in [0.5, 0.6) is 0 Å². The Bertz CT molecular complexity index is 1390. The number of anilines is 2. The number of hydrogen-bond acceptors (Lipinski definition) is 5. The topological polar surface area (TPSA) is 76.0 Å². The van der Waals surface area contributed by atoms with Crippen LogP contribution in [0.2, 0.25) is 5.02 Å². The third kappa shape index (κ3) is 4.59. The fourth-order valence-electron chi connectivity index (χ4n) is 3.40. The average molecular weight is 495 g/mol. The van der Waals surface area contributed by atoms with Gasteiger partial charge in [-0.3, -0.25) is 4.98 Å². The standard InChI is InChI=1S/C22H20ClFN4O2S.ClH/c1-14-3-6-21(20(23)7-14)27-17-4-5-19-15(10-25-2)13-28(22(19)9-17)31(29,30)18-8-16(24)11-26-12-18;/h3-9,11-13,25,27H,10H2,1-2H3;1H. The van der Waals surface area contributed by atoms with Gasteiger partial charge >= 0.3 is 0 Å². The molecule has 0 unspecified atom stereocenters. The van der Waals surface area contributed by atoms with Crippen molar-refractivity contribution in [1.82, 2.24) is 14.3 Å². The summed E-state index contributed by atoms with van der Waals surface area (Å²) >= 11 is 6.33. The number of benzene rings is 2. The van der Waals surface area contributed by atoms with E-state index in [0.29, 0.717) is 28.5 Å². The molecule has 0 aliphatic carbocycles. The van der Waals surface area contributed by atoms with Crippen molar-refractivity contribution in [2.75, 3.05) is 12.4 Å². The maximum atomic E-state index is 13.7. The summed E-state index contributed by atoms with van der Waals surface area (Å²) in [6.07, 6.45) is 3.65. The summed E-state index contributed by atoms with van der Waals surface area (Å²) in [6, 6.07) is 12.0.